The van der Waals surface area contributed by atoms with E-state index in [1.165, 1.54) is 6.07 Å². The van der Waals surface area contributed by atoms with E-state index in [0.717, 1.165) is 5.56 Å². The Kier molecular flexibility index (Phi) is 4.21. The number of rotatable bonds is 4. The first kappa shape index (κ1) is 15.0. The first-order valence-corrected chi connectivity index (χ1v) is 7.18. The number of aromatic nitrogens is 1. The lowest BCUT2D eigenvalue weighted by Crippen LogP contribution is -2.17. The Labute approximate surface area is 132 Å². The number of benzene rings is 2. The maximum Gasteiger partial charge on any atom is 0.256 e. The summed E-state index contributed by atoms with van der Waals surface area (Å²) in [7, 11) is 1.62. The van der Waals surface area contributed by atoms with Gasteiger partial charge >= 0.3 is 0 Å². The highest BCUT2D eigenvalue weighted by molar-refractivity contribution is 6.12. The molecule has 0 atom stereocenters. The number of ether oxygens (including phenoxy) is 1. The van der Waals surface area contributed by atoms with Gasteiger partial charge < -0.3 is 15.0 Å². The summed E-state index contributed by atoms with van der Waals surface area (Å²) in [6.07, 6.45) is 0. The lowest BCUT2D eigenvalue weighted by atomic mass is 10.1. The molecular formula is C18H16N2O3. The molecule has 0 bridgehead atoms. The van der Waals surface area contributed by atoms with Crippen LogP contribution in [0.15, 0.2) is 59.4 Å². The number of carbonyl (C=O) groups is 1. The third kappa shape index (κ3) is 3.30. The smallest absolute Gasteiger partial charge is 0.256 e. The van der Waals surface area contributed by atoms with Gasteiger partial charge in [-0.05, 0) is 23.8 Å². The molecule has 0 saturated heterocycles. The van der Waals surface area contributed by atoms with Crippen LogP contribution in [-0.4, -0.2) is 18.0 Å². The number of anilines is 1. The van der Waals surface area contributed by atoms with E-state index >= 15 is 0 Å². The molecule has 0 aliphatic carbocycles. The van der Waals surface area contributed by atoms with E-state index in [1.807, 2.05) is 36.4 Å². The highest BCUT2D eigenvalue weighted by atomic mass is 16.5. The van der Waals surface area contributed by atoms with Crippen molar-refractivity contribution in [2.45, 2.75) is 6.61 Å². The number of carbonyl (C=O) groups excluding carboxylic acids is 1. The van der Waals surface area contributed by atoms with E-state index in [1.54, 1.807) is 19.2 Å². The van der Waals surface area contributed by atoms with Crippen molar-refractivity contribution in [1.82, 2.24) is 4.98 Å². The topological polar surface area (TPSA) is 71.2 Å². The molecule has 0 aliphatic heterocycles. The Hall–Kier alpha value is -2.92. The molecule has 23 heavy (non-hydrogen) atoms. The van der Waals surface area contributed by atoms with Gasteiger partial charge in [-0.15, -0.1) is 0 Å². The standard InChI is InChI=1S/C18H16N2O3/c1-23-11-12-5-4-6-13(9-12)19-18(22)15-10-17(21)20-16-8-3-2-7-14(15)16/h2-10H,11H2,1H3,(H,19,22)(H,20,21). The SMILES string of the molecule is COCc1cccc(NC(=O)c2cc(=O)[nH]c3ccccc23)c1. The van der Waals surface area contributed by atoms with Crippen LogP contribution in [0.1, 0.15) is 15.9 Å². The van der Waals surface area contributed by atoms with E-state index in [0.29, 0.717) is 28.8 Å². The number of nitrogens with one attached hydrogen (secondary N) is 2. The number of para-hydroxylation sites is 1. The van der Waals surface area contributed by atoms with E-state index in [4.69, 9.17) is 4.74 Å². The van der Waals surface area contributed by atoms with Crippen LogP contribution in [0.5, 0.6) is 0 Å². The van der Waals surface area contributed by atoms with Crippen molar-refractivity contribution in [2.75, 3.05) is 12.4 Å². The fourth-order valence-corrected chi connectivity index (χ4v) is 2.50. The predicted octanol–water partition coefficient (Wildman–Crippen LogP) is 2.93. The monoisotopic (exact) mass is 308 g/mol. The molecule has 5 heteroatoms. The molecular weight excluding hydrogens is 292 g/mol. The fraction of sp³-hybridized carbons (Fsp3) is 0.111. The van der Waals surface area contributed by atoms with Crippen LogP contribution in [-0.2, 0) is 11.3 Å². The summed E-state index contributed by atoms with van der Waals surface area (Å²) in [5.74, 6) is -0.318. The largest absolute Gasteiger partial charge is 0.380 e. The molecule has 0 spiro atoms. The quantitative estimate of drug-likeness (QED) is 0.778. The Bertz CT molecular complexity index is 915. The highest BCUT2D eigenvalue weighted by Gasteiger charge is 2.12. The van der Waals surface area contributed by atoms with Crippen LogP contribution in [0, 0.1) is 0 Å². The Morgan fingerprint density at radius 2 is 1.96 bits per heavy atom. The number of methoxy groups -OCH3 is 1. The van der Waals surface area contributed by atoms with Gasteiger partial charge in [-0.1, -0.05) is 30.3 Å². The van der Waals surface area contributed by atoms with Gasteiger partial charge in [0.05, 0.1) is 12.2 Å². The van der Waals surface area contributed by atoms with Crippen molar-refractivity contribution in [3.8, 4) is 0 Å². The fourth-order valence-electron chi connectivity index (χ4n) is 2.50. The third-order valence-corrected chi connectivity index (χ3v) is 3.49. The van der Waals surface area contributed by atoms with E-state index in [-0.39, 0.29) is 11.5 Å². The van der Waals surface area contributed by atoms with Gasteiger partial charge in [-0.3, -0.25) is 9.59 Å². The van der Waals surface area contributed by atoms with Gasteiger partial charge in [-0.25, -0.2) is 0 Å². The van der Waals surface area contributed by atoms with E-state index in [9.17, 15) is 9.59 Å². The maximum atomic E-state index is 12.6. The number of hydrogen-bond acceptors (Lipinski definition) is 3. The zero-order valence-corrected chi connectivity index (χ0v) is 12.6. The van der Waals surface area contributed by atoms with Crippen LogP contribution in [0.4, 0.5) is 5.69 Å². The summed E-state index contributed by atoms with van der Waals surface area (Å²) in [6.45, 7) is 0.470. The molecule has 0 radical (unpaired) electrons. The van der Waals surface area contributed by atoms with Crippen LogP contribution in [0.25, 0.3) is 10.9 Å². The second-order valence-corrected chi connectivity index (χ2v) is 5.18. The average Bonchev–Trinajstić information content (AvgIpc) is 2.54. The first-order chi connectivity index (χ1) is 11.2. The normalized spacial score (nSPS) is 10.7. The zero-order chi connectivity index (χ0) is 16.2. The summed E-state index contributed by atoms with van der Waals surface area (Å²) in [6, 6.07) is 15.9. The van der Waals surface area contributed by atoms with Crippen molar-refractivity contribution in [3.05, 3.63) is 76.1 Å². The molecule has 3 aromatic rings. The summed E-state index contributed by atoms with van der Waals surface area (Å²) < 4.78 is 5.09. The summed E-state index contributed by atoms with van der Waals surface area (Å²) in [5.41, 5.74) is 2.30. The van der Waals surface area contributed by atoms with Crippen LogP contribution in [0.3, 0.4) is 0 Å². The number of fused-ring (bicyclic) bond motifs is 1. The molecule has 1 amide bonds. The number of aromatic amines is 1. The number of H-pyrrole nitrogens is 1. The Morgan fingerprint density at radius 1 is 1.13 bits per heavy atom. The average molecular weight is 308 g/mol. The molecule has 0 fully saturated rings. The Balaban J connectivity index is 1.95. The second kappa shape index (κ2) is 6.46. The summed E-state index contributed by atoms with van der Waals surface area (Å²) >= 11 is 0. The van der Waals surface area contributed by atoms with Crippen molar-refractivity contribution < 1.29 is 9.53 Å². The van der Waals surface area contributed by atoms with Crippen molar-refractivity contribution in [2.24, 2.45) is 0 Å². The lowest BCUT2D eigenvalue weighted by Gasteiger charge is -2.09. The van der Waals surface area contributed by atoms with Crippen molar-refractivity contribution >= 4 is 22.5 Å². The molecule has 2 aromatic carbocycles. The van der Waals surface area contributed by atoms with Crippen LogP contribution >= 0.6 is 0 Å². The third-order valence-electron chi connectivity index (χ3n) is 3.49. The second-order valence-electron chi connectivity index (χ2n) is 5.18. The molecule has 0 aliphatic rings. The first-order valence-electron chi connectivity index (χ1n) is 7.18. The Morgan fingerprint density at radius 3 is 2.78 bits per heavy atom. The molecule has 5 nitrogen and oxygen atoms in total. The minimum absolute atomic E-state index is 0.304. The van der Waals surface area contributed by atoms with Crippen LogP contribution < -0.4 is 10.9 Å². The lowest BCUT2D eigenvalue weighted by molar-refractivity contribution is 0.102. The minimum Gasteiger partial charge on any atom is -0.380 e. The number of pyridine rings is 1. The molecule has 1 heterocycles. The number of hydrogen-bond donors (Lipinski definition) is 2. The van der Waals surface area contributed by atoms with E-state index < -0.39 is 0 Å². The van der Waals surface area contributed by atoms with Gasteiger partial charge in [-0.2, -0.15) is 0 Å². The van der Waals surface area contributed by atoms with Crippen molar-refractivity contribution in [1.29, 1.82) is 0 Å². The molecule has 3 rings (SSSR count). The summed E-state index contributed by atoms with van der Waals surface area (Å²) in [5, 5.41) is 3.54. The number of amides is 1. The zero-order valence-electron chi connectivity index (χ0n) is 12.6. The van der Waals surface area contributed by atoms with Gasteiger partial charge in [0.2, 0.25) is 5.56 Å². The van der Waals surface area contributed by atoms with E-state index in [2.05, 4.69) is 10.3 Å². The van der Waals surface area contributed by atoms with Gasteiger partial charge in [0, 0.05) is 29.8 Å². The minimum atomic E-state index is -0.318. The molecule has 116 valence electrons. The molecule has 2 N–H and O–H groups in total. The maximum absolute atomic E-state index is 12.6. The summed E-state index contributed by atoms with van der Waals surface area (Å²) in [4.78, 5) is 27.0. The van der Waals surface area contributed by atoms with Gasteiger partial charge in [0.1, 0.15) is 0 Å². The molecule has 0 unspecified atom stereocenters. The van der Waals surface area contributed by atoms with Gasteiger partial charge in [0.15, 0.2) is 0 Å². The molecule has 1 aromatic heterocycles. The highest BCUT2D eigenvalue weighted by Crippen LogP contribution is 2.17. The predicted molar refractivity (Wildman–Crippen MR) is 89.7 cm³/mol. The van der Waals surface area contributed by atoms with Gasteiger partial charge in [0.25, 0.3) is 5.91 Å². The molecule has 0 saturated carbocycles. The van der Waals surface area contributed by atoms with Crippen molar-refractivity contribution in [3.63, 3.8) is 0 Å². The van der Waals surface area contributed by atoms with Crippen LogP contribution in [0.2, 0.25) is 0 Å².